The number of carbonyl (C=O) groups excluding carboxylic acids is 1. The summed E-state index contributed by atoms with van der Waals surface area (Å²) in [5, 5.41) is 11.3. The molecule has 0 amide bonds. The number of carbonyl (C=O) groups is 1. The standard InChI is InChI=1S/C16H21N3O3S/c1-3-22-16(21)13-11-23-15(18-13)12-6-7-17-14(10-12)19(2)8-4-5-9-20/h6-7,10-11,20H,3-5,8-9H2,1-2H3. The summed E-state index contributed by atoms with van der Waals surface area (Å²) in [6.45, 7) is 3.14. The number of nitrogens with zero attached hydrogens (tertiary/aromatic N) is 3. The van der Waals surface area contributed by atoms with Crippen molar-refractivity contribution in [3.63, 3.8) is 0 Å². The first-order chi connectivity index (χ1) is 11.2. The molecule has 0 fully saturated rings. The third kappa shape index (κ3) is 4.74. The molecule has 124 valence electrons. The third-order valence-electron chi connectivity index (χ3n) is 3.27. The molecule has 0 saturated heterocycles. The highest BCUT2D eigenvalue weighted by molar-refractivity contribution is 7.13. The number of hydrogen-bond donors (Lipinski definition) is 1. The Morgan fingerprint density at radius 3 is 3.00 bits per heavy atom. The van der Waals surface area contributed by atoms with Gasteiger partial charge in [-0.1, -0.05) is 0 Å². The molecule has 0 bridgehead atoms. The molecule has 23 heavy (non-hydrogen) atoms. The molecule has 7 heteroatoms. The molecule has 0 radical (unpaired) electrons. The van der Waals surface area contributed by atoms with Gasteiger partial charge in [0.25, 0.3) is 0 Å². The number of ether oxygens (including phenoxy) is 1. The number of thiazole rings is 1. The minimum atomic E-state index is -0.398. The van der Waals surface area contributed by atoms with E-state index in [1.54, 1.807) is 18.5 Å². The van der Waals surface area contributed by atoms with E-state index in [1.165, 1.54) is 11.3 Å². The van der Waals surface area contributed by atoms with E-state index in [0.717, 1.165) is 35.8 Å². The lowest BCUT2D eigenvalue weighted by Gasteiger charge is -2.18. The van der Waals surface area contributed by atoms with E-state index in [2.05, 4.69) is 9.97 Å². The molecule has 0 aliphatic heterocycles. The summed E-state index contributed by atoms with van der Waals surface area (Å²) in [7, 11) is 1.97. The monoisotopic (exact) mass is 335 g/mol. The van der Waals surface area contributed by atoms with Crippen LogP contribution in [0.15, 0.2) is 23.7 Å². The van der Waals surface area contributed by atoms with Crippen LogP contribution in [0.4, 0.5) is 5.82 Å². The lowest BCUT2D eigenvalue weighted by atomic mass is 10.2. The van der Waals surface area contributed by atoms with Crippen LogP contribution in [0, 0.1) is 0 Å². The fourth-order valence-electron chi connectivity index (χ4n) is 2.04. The van der Waals surface area contributed by atoms with Crippen molar-refractivity contribution in [2.45, 2.75) is 19.8 Å². The number of aromatic nitrogens is 2. The Balaban J connectivity index is 2.11. The summed E-state index contributed by atoms with van der Waals surface area (Å²) in [4.78, 5) is 22.4. The van der Waals surface area contributed by atoms with Crippen molar-refractivity contribution in [3.8, 4) is 10.6 Å². The van der Waals surface area contributed by atoms with Crippen molar-refractivity contribution in [1.29, 1.82) is 0 Å². The number of aliphatic hydroxyl groups is 1. The van der Waals surface area contributed by atoms with Crippen molar-refractivity contribution < 1.29 is 14.6 Å². The van der Waals surface area contributed by atoms with Crippen LogP contribution in [-0.4, -0.2) is 47.8 Å². The number of hydrogen-bond acceptors (Lipinski definition) is 7. The first-order valence-corrected chi connectivity index (χ1v) is 8.44. The highest BCUT2D eigenvalue weighted by atomic mass is 32.1. The molecular weight excluding hydrogens is 314 g/mol. The number of pyridine rings is 1. The number of anilines is 1. The van der Waals surface area contributed by atoms with Crippen LogP contribution < -0.4 is 4.90 Å². The van der Waals surface area contributed by atoms with Gasteiger partial charge in [0.2, 0.25) is 0 Å². The molecule has 0 aliphatic rings. The van der Waals surface area contributed by atoms with Gasteiger partial charge in [0.1, 0.15) is 10.8 Å². The van der Waals surface area contributed by atoms with Crippen LogP contribution in [0.3, 0.4) is 0 Å². The maximum absolute atomic E-state index is 11.7. The molecule has 0 aliphatic carbocycles. The van der Waals surface area contributed by atoms with Crippen LogP contribution >= 0.6 is 11.3 Å². The largest absolute Gasteiger partial charge is 0.461 e. The summed E-state index contributed by atoms with van der Waals surface area (Å²) in [6.07, 6.45) is 3.42. The van der Waals surface area contributed by atoms with Gasteiger partial charge in [-0.3, -0.25) is 0 Å². The molecule has 0 aromatic carbocycles. The molecule has 1 N–H and O–H groups in total. The zero-order valence-electron chi connectivity index (χ0n) is 13.4. The second-order valence-electron chi connectivity index (χ2n) is 5.01. The van der Waals surface area contributed by atoms with Crippen molar-refractivity contribution >= 4 is 23.1 Å². The van der Waals surface area contributed by atoms with Gasteiger partial charge in [0, 0.05) is 37.3 Å². The minimum Gasteiger partial charge on any atom is -0.461 e. The van der Waals surface area contributed by atoms with Crippen LogP contribution in [-0.2, 0) is 4.74 Å². The summed E-state index contributed by atoms with van der Waals surface area (Å²) < 4.78 is 4.96. The Labute approximate surface area is 139 Å². The number of esters is 1. The second-order valence-corrected chi connectivity index (χ2v) is 5.87. The van der Waals surface area contributed by atoms with Gasteiger partial charge < -0.3 is 14.7 Å². The maximum Gasteiger partial charge on any atom is 0.357 e. The average molecular weight is 335 g/mol. The molecule has 0 saturated carbocycles. The van der Waals surface area contributed by atoms with Crippen LogP contribution in [0.2, 0.25) is 0 Å². The first-order valence-electron chi connectivity index (χ1n) is 7.56. The fraction of sp³-hybridized carbons (Fsp3) is 0.438. The molecule has 2 aromatic heterocycles. The van der Waals surface area contributed by atoms with Crippen molar-refractivity contribution in [3.05, 3.63) is 29.4 Å². The summed E-state index contributed by atoms with van der Waals surface area (Å²) in [5.41, 5.74) is 1.26. The summed E-state index contributed by atoms with van der Waals surface area (Å²) >= 11 is 1.41. The molecule has 2 rings (SSSR count). The van der Waals surface area contributed by atoms with Crippen LogP contribution in [0.1, 0.15) is 30.3 Å². The SMILES string of the molecule is CCOC(=O)c1csc(-c2ccnc(N(C)CCCCO)c2)n1. The van der Waals surface area contributed by atoms with Gasteiger partial charge in [0.05, 0.1) is 6.61 Å². The lowest BCUT2D eigenvalue weighted by molar-refractivity contribution is 0.0520. The molecule has 2 aromatic rings. The fourth-order valence-corrected chi connectivity index (χ4v) is 2.83. The van der Waals surface area contributed by atoms with E-state index in [-0.39, 0.29) is 6.61 Å². The van der Waals surface area contributed by atoms with Gasteiger partial charge >= 0.3 is 5.97 Å². The van der Waals surface area contributed by atoms with Crippen molar-refractivity contribution in [1.82, 2.24) is 9.97 Å². The third-order valence-corrected chi connectivity index (χ3v) is 4.17. The molecule has 6 nitrogen and oxygen atoms in total. The lowest BCUT2D eigenvalue weighted by Crippen LogP contribution is -2.19. The smallest absolute Gasteiger partial charge is 0.357 e. The Morgan fingerprint density at radius 2 is 2.26 bits per heavy atom. The van der Waals surface area contributed by atoms with Crippen molar-refractivity contribution in [2.24, 2.45) is 0 Å². The van der Waals surface area contributed by atoms with Gasteiger partial charge in [-0.05, 0) is 31.9 Å². The van der Waals surface area contributed by atoms with E-state index >= 15 is 0 Å². The van der Waals surface area contributed by atoms with E-state index < -0.39 is 5.97 Å². The minimum absolute atomic E-state index is 0.205. The molecule has 0 unspecified atom stereocenters. The summed E-state index contributed by atoms with van der Waals surface area (Å²) in [6, 6.07) is 3.82. The van der Waals surface area contributed by atoms with Gasteiger partial charge in [-0.2, -0.15) is 0 Å². The Bertz CT molecular complexity index is 645. The van der Waals surface area contributed by atoms with E-state index in [4.69, 9.17) is 9.84 Å². The molecular formula is C16H21N3O3S. The van der Waals surface area contributed by atoms with Gasteiger partial charge in [-0.25, -0.2) is 14.8 Å². The number of aliphatic hydroxyl groups excluding tert-OH is 1. The topological polar surface area (TPSA) is 75.5 Å². The molecule has 2 heterocycles. The zero-order chi connectivity index (χ0) is 16.7. The molecule has 0 spiro atoms. The maximum atomic E-state index is 11.7. The second kappa shape index (κ2) is 8.59. The molecule has 0 atom stereocenters. The predicted molar refractivity (Wildman–Crippen MR) is 90.9 cm³/mol. The number of rotatable bonds is 8. The number of unbranched alkanes of at least 4 members (excludes halogenated alkanes) is 1. The van der Waals surface area contributed by atoms with E-state index in [9.17, 15) is 4.79 Å². The first kappa shape index (κ1) is 17.4. The quantitative estimate of drug-likeness (QED) is 0.590. The van der Waals surface area contributed by atoms with Crippen molar-refractivity contribution in [2.75, 3.05) is 31.7 Å². The van der Waals surface area contributed by atoms with Crippen LogP contribution in [0.25, 0.3) is 10.6 Å². The highest BCUT2D eigenvalue weighted by Gasteiger charge is 2.13. The predicted octanol–water partition coefficient (Wildman–Crippen LogP) is 2.59. The van der Waals surface area contributed by atoms with Crippen LogP contribution in [0.5, 0.6) is 0 Å². The highest BCUT2D eigenvalue weighted by Crippen LogP contribution is 2.26. The Kier molecular flexibility index (Phi) is 6.49. The normalized spacial score (nSPS) is 10.6. The van der Waals surface area contributed by atoms with Gasteiger partial charge in [-0.15, -0.1) is 11.3 Å². The summed E-state index contributed by atoms with van der Waals surface area (Å²) in [5.74, 6) is 0.443. The van der Waals surface area contributed by atoms with E-state index in [1.807, 2.05) is 24.1 Å². The van der Waals surface area contributed by atoms with Gasteiger partial charge in [0.15, 0.2) is 5.69 Å². The van der Waals surface area contributed by atoms with E-state index in [0.29, 0.717) is 12.3 Å². The Hall–Kier alpha value is -1.99. The average Bonchev–Trinajstić information content (AvgIpc) is 3.05. The zero-order valence-corrected chi connectivity index (χ0v) is 14.2. The Morgan fingerprint density at radius 1 is 1.43 bits per heavy atom.